The Morgan fingerprint density at radius 3 is 2.76 bits per heavy atom. The van der Waals surface area contributed by atoms with E-state index in [1.807, 2.05) is 30.3 Å². The standard InChI is InChI=1S/C16H15ClN2O2/c1-10-16(20)19(9-11-5-2-3-6-12(11)17)15-13(18)7-4-8-14(15)21-10/h2-8,10H,9,18H2,1H3. The lowest BCUT2D eigenvalue weighted by Crippen LogP contribution is -2.44. The Balaban J connectivity index is 2.05. The van der Waals surface area contributed by atoms with Gasteiger partial charge in [-0.25, -0.2) is 0 Å². The number of carbonyl (C=O) groups excluding carboxylic acids is 1. The van der Waals surface area contributed by atoms with Crippen LogP contribution in [0.4, 0.5) is 11.4 Å². The maximum absolute atomic E-state index is 12.5. The SMILES string of the molecule is CC1Oc2cccc(N)c2N(Cc2ccccc2Cl)C1=O. The molecule has 3 rings (SSSR count). The minimum Gasteiger partial charge on any atom is -0.479 e. The van der Waals surface area contributed by atoms with E-state index in [4.69, 9.17) is 22.1 Å². The van der Waals surface area contributed by atoms with Crippen LogP contribution in [-0.2, 0) is 11.3 Å². The number of nitrogens with two attached hydrogens (primary N) is 1. The van der Waals surface area contributed by atoms with E-state index in [-0.39, 0.29) is 5.91 Å². The number of amides is 1. The molecule has 1 heterocycles. The van der Waals surface area contributed by atoms with Crippen LogP contribution >= 0.6 is 11.6 Å². The molecule has 0 spiro atoms. The number of nitrogen functional groups attached to an aromatic ring is 1. The van der Waals surface area contributed by atoms with Gasteiger partial charge in [-0.15, -0.1) is 0 Å². The molecule has 1 amide bonds. The van der Waals surface area contributed by atoms with Crippen molar-refractivity contribution in [2.75, 3.05) is 10.6 Å². The lowest BCUT2D eigenvalue weighted by molar-refractivity contribution is -0.125. The summed E-state index contributed by atoms with van der Waals surface area (Å²) in [4.78, 5) is 14.1. The van der Waals surface area contributed by atoms with Gasteiger partial charge in [-0.1, -0.05) is 35.9 Å². The van der Waals surface area contributed by atoms with E-state index in [0.717, 1.165) is 5.56 Å². The summed E-state index contributed by atoms with van der Waals surface area (Å²) in [6, 6.07) is 12.8. The van der Waals surface area contributed by atoms with E-state index in [9.17, 15) is 4.79 Å². The van der Waals surface area contributed by atoms with Crippen molar-refractivity contribution in [2.45, 2.75) is 19.6 Å². The number of halogens is 1. The van der Waals surface area contributed by atoms with E-state index in [1.54, 1.807) is 24.0 Å². The molecule has 0 aliphatic carbocycles. The van der Waals surface area contributed by atoms with Crippen LogP contribution in [0.3, 0.4) is 0 Å². The van der Waals surface area contributed by atoms with Crippen molar-refractivity contribution in [1.82, 2.24) is 0 Å². The third-order valence-corrected chi connectivity index (χ3v) is 3.87. The molecule has 0 bridgehead atoms. The number of anilines is 2. The predicted octanol–water partition coefficient (Wildman–Crippen LogP) is 3.24. The molecular formula is C16H15ClN2O2. The molecule has 2 N–H and O–H groups in total. The molecule has 0 aromatic heterocycles. The first-order valence-electron chi connectivity index (χ1n) is 6.68. The second-order valence-corrected chi connectivity index (χ2v) is 5.38. The summed E-state index contributed by atoms with van der Waals surface area (Å²) in [5.74, 6) is 0.495. The highest BCUT2D eigenvalue weighted by Crippen LogP contribution is 2.39. The molecule has 21 heavy (non-hydrogen) atoms. The quantitative estimate of drug-likeness (QED) is 0.867. The zero-order valence-corrected chi connectivity index (χ0v) is 12.3. The van der Waals surface area contributed by atoms with Crippen molar-refractivity contribution in [3.8, 4) is 5.75 Å². The normalized spacial score (nSPS) is 17.3. The van der Waals surface area contributed by atoms with E-state index in [1.165, 1.54) is 0 Å². The van der Waals surface area contributed by atoms with E-state index < -0.39 is 6.10 Å². The zero-order chi connectivity index (χ0) is 15.0. The summed E-state index contributed by atoms with van der Waals surface area (Å²) >= 11 is 6.19. The Kier molecular flexibility index (Phi) is 3.47. The van der Waals surface area contributed by atoms with Crippen molar-refractivity contribution in [1.29, 1.82) is 0 Å². The smallest absolute Gasteiger partial charge is 0.268 e. The van der Waals surface area contributed by atoms with E-state index >= 15 is 0 Å². The van der Waals surface area contributed by atoms with Gasteiger partial charge in [0.15, 0.2) is 6.10 Å². The molecule has 1 atom stereocenters. The monoisotopic (exact) mass is 302 g/mol. The van der Waals surface area contributed by atoms with Crippen LogP contribution < -0.4 is 15.4 Å². The minimum atomic E-state index is -0.540. The number of carbonyl (C=O) groups is 1. The van der Waals surface area contributed by atoms with Crippen LogP contribution in [0.25, 0.3) is 0 Å². The van der Waals surface area contributed by atoms with E-state index in [0.29, 0.717) is 28.7 Å². The summed E-state index contributed by atoms with van der Waals surface area (Å²) in [5.41, 5.74) is 8.02. The molecular weight excluding hydrogens is 288 g/mol. The summed E-state index contributed by atoms with van der Waals surface area (Å²) in [6.07, 6.45) is -0.540. The fraction of sp³-hybridized carbons (Fsp3) is 0.188. The van der Waals surface area contributed by atoms with Crippen LogP contribution in [0, 0.1) is 0 Å². The predicted molar refractivity (Wildman–Crippen MR) is 83.6 cm³/mol. The molecule has 108 valence electrons. The van der Waals surface area contributed by atoms with Crippen LogP contribution in [0.5, 0.6) is 5.75 Å². The molecule has 0 fully saturated rings. The largest absolute Gasteiger partial charge is 0.479 e. The fourth-order valence-electron chi connectivity index (χ4n) is 2.45. The number of nitrogens with zero attached hydrogens (tertiary/aromatic N) is 1. The van der Waals surface area contributed by atoms with Crippen molar-refractivity contribution in [3.63, 3.8) is 0 Å². The van der Waals surface area contributed by atoms with Crippen LogP contribution in [0.15, 0.2) is 42.5 Å². The molecule has 0 saturated carbocycles. The van der Waals surface area contributed by atoms with E-state index in [2.05, 4.69) is 0 Å². The van der Waals surface area contributed by atoms with Crippen molar-refractivity contribution < 1.29 is 9.53 Å². The molecule has 4 nitrogen and oxygen atoms in total. The topological polar surface area (TPSA) is 55.6 Å². The summed E-state index contributed by atoms with van der Waals surface area (Å²) in [6.45, 7) is 2.10. The lowest BCUT2D eigenvalue weighted by Gasteiger charge is -2.34. The molecule has 2 aromatic carbocycles. The molecule has 2 aromatic rings. The van der Waals surface area contributed by atoms with Gasteiger partial charge in [0.1, 0.15) is 11.4 Å². The Labute approximate surface area is 128 Å². The van der Waals surface area contributed by atoms with Crippen molar-refractivity contribution >= 4 is 28.9 Å². The van der Waals surface area contributed by atoms with Gasteiger partial charge in [0.05, 0.1) is 12.2 Å². The third-order valence-electron chi connectivity index (χ3n) is 3.50. The third kappa shape index (κ3) is 2.43. The Morgan fingerprint density at radius 1 is 1.24 bits per heavy atom. The van der Waals surface area contributed by atoms with Gasteiger partial charge in [0.25, 0.3) is 5.91 Å². The fourth-order valence-corrected chi connectivity index (χ4v) is 2.64. The highest BCUT2D eigenvalue weighted by molar-refractivity contribution is 6.31. The minimum absolute atomic E-state index is 0.125. The second kappa shape index (κ2) is 5.30. The van der Waals surface area contributed by atoms with Crippen molar-refractivity contribution in [2.24, 2.45) is 0 Å². The number of fused-ring (bicyclic) bond motifs is 1. The van der Waals surface area contributed by atoms with Crippen LogP contribution in [-0.4, -0.2) is 12.0 Å². The van der Waals surface area contributed by atoms with Gasteiger partial charge in [0, 0.05) is 5.02 Å². The first-order valence-corrected chi connectivity index (χ1v) is 7.05. The summed E-state index contributed by atoms with van der Waals surface area (Å²) in [7, 11) is 0. The lowest BCUT2D eigenvalue weighted by atomic mass is 10.1. The van der Waals surface area contributed by atoms with Crippen molar-refractivity contribution in [3.05, 3.63) is 53.1 Å². The van der Waals surface area contributed by atoms with Gasteiger partial charge in [0.2, 0.25) is 0 Å². The number of ether oxygens (including phenoxy) is 1. The Hall–Kier alpha value is -2.20. The number of benzene rings is 2. The Morgan fingerprint density at radius 2 is 2.00 bits per heavy atom. The summed E-state index contributed by atoms with van der Waals surface area (Å²) < 4.78 is 5.62. The second-order valence-electron chi connectivity index (χ2n) is 4.97. The molecule has 0 radical (unpaired) electrons. The van der Waals surface area contributed by atoms with Gasteiger partial charge < -0.3 is 10.5 Å². The molecule has 5 heteroatoms. The Bertz CT molecular complexity index is 702. The maximum Gasteiger partial charge on any atom is 0.268 e. The van der Waals surface area contributed by atoms with Gasteiger partial charge in [-0.3, -0.25) is 9.69 Å². The molecule has 1 unspecified atom stereocenters. The maximum atomic E-state index is 12.5. The van der Waals surface area contributed by atoms with Gasteiger partial charge in [-0.2, -0.15) is 0 Å². The number of hydrogen-bond donors (Lipinski definition) is 1. The van der Waals surface area contributed by atoms with Gasteiger partial charge in [-0.05, 0) is 30.7 Å². The number of hydrogen-bond acceptors (Lipinski definition) is 3. The summed E-state index contributed by atoms with van der Waals surface area (Å²) in [5, 5.41) is 0.625. The highest BCUT2D eigenvalue weighted by atomic mass is 35.5. The first-order chi connectivity index (χ1) is 10.1. The van der Waals surface area contributed by atoms with Crippen LogP contribution in [0.2, 0.25) is 5.02 Å². The first kappa shape index (κ1) is 13.8. The average Bonchev–Trinajstić information content (AvgIpc) is 2.46. The molecule has 1 aliphatic rings. The molecule has 0 saturated heterocycles. The van der Waals surface area contributed by atoms with Crippen LogP contribution in [0.1, 0.15) is 12.5 Å². The zero-order valence-electron chi connectivity index (χ0n) is 11.5. The van der Waals surface area contributed by atoms with Gasteiger partial charge >= 0.3 is 0 Å². The average molecular weight is 303 g/mol. The number of para-hydroxylation sites is 1. The molecule has 1 aliphatic heterocycles. The highest BCUT2D eigenvalue weighted by Gasteiger charge is 2.33. The number of rotatable bonds is 2.